The third-order valence-corrected chi connectivity index (χ3v) is 4.09. The Morgan fingerprint density at radius 2 is 2.00 bits per heavy atom. The van der Waals surface area contributed by atoms with Gasteiger partial charge in [0, 0.05) is 6.26 Å². The average molecular weight is 287 g/mol. The van der Waals surface area contributed by atoms with Crippen LogP contribution >= 0.6 is 0 Å². The van der Waals surface area contributed by atoms with Crippen LogP contribution in [0.3, 0.4) is 0 Å². The fraction of sp³-hybridized carbons (Fsp3) is 0.455. The van der Waals surface area contributed by atoms with E-state index < -0.39 is 27.3 Å². The molecule has 1 aromatic rings. The number of hydrogen-bond acceptors (Lipinski definition) is 5. The molecule has 7 nitrogen and oxygen atoms in total. The zero-order valence-electron chi connectivity index (χ0n) is 10.2. The summed E-state index contributed by atoms with van der Waals surface area (Å²) in [5, 5.41) is 11.1. The molecule has 1 fully saturated rings. The molecule has 1 amide bonds. The normalized spacial score (nSPS) is 17.5. The quantitative estimate of drug-likeness (QED) is 0.829. The van der Waals surface area contributed by atoms with Gasteiger partial charge in [0.15, 0.2) is 5.76 Å². The molecule has 0 spiro atoms. The van der Waals surface area contributed by atoms with Gasteiger partial charge in [-0.1, -0.05) is 0 Å². The summed E-state index contributed by atoms with van der Waals surface area (Å²) >= 11 is 0. The summed E-state index contributed by atoms with van der Waals surface area (Å²) in [6.07, 6.45) is 2.39. The average Bonchev–Trinajstić information content (AvgIpc) is 2.70. The Labute approximate surface area is 109 Å². The van der Waals surface area contributed by atoms with E-state index >= 15 is 0 Å². The summed E-state index contributed by atoms with van der Waals surface area (Å²) in [6, 6.07) is 2.37. The molecule has 2 N–H and O–H groups in total. The van der Waals surface area contributed by atoms with Crippen molar-refractivity contribution in [2.24, 2.45) is 0 Å². The van der Waals surface area contributed by atoms with Gasteiger partial charge in [0.2, 0.25) is 14.9 Å². The van der Waals surface area contributed by atoms with Crippen LogP contribution in [-0.4, -0.2) is 37.2 Å². The predicted octanol–water partition coefficient (Wildman–Crippen LogP) is 0.420. The lowest BCUT2D eigenvalue weighted by molar-refractivity contribution is -0.148. The maximum Gasteiger partial charge on any atom is 0.329 e. The number of carbonyl (C=O) groups excluding carboxylic acids is 1. The standard InChI is InChI=1S/C11H13NO6S/c1-19(16,17)8-4-3-7(18-8)9(13)12-11(10(14)15)5-2-6-11/h3-4H,2,5-6H2,1H3,(H,12,13)(H,14,15). The molecular weight excluding hydrogens is 274 g/mol. The van der Waals surface area contributed by atoms with E-state index in [-0.39, 0.29) is 10.9 Å². The van der Waals surface area contributed by atoms with Gasteiger partial charge < -0.3 is 14.8 Å². The molecule has 0 saturated heterocycles. The van der Waals surface area contributed by atoms with Gasteiger partial charge in [-0.25, -0.2) is 13.2 Å². The SMILES string of the molecule is CS(=O)(=O)c1ccc(C(=O)NC2(C(=O)O)CCC2)o1. The van der Waals surface area contributed by atoms with E-state index in [0.717, 1.165) is 12.7 Å². The van der Waals surface area contributed by atoms with Gasteiger partial charge in [0.1, 0.15) is 5.54 Å². The van der Waals surface area contributed by atoms with Crippen molar-refractivity contribution in [2.45, 2.75) is 29.9 Å². The van der Waals surface area contributed by atoms with Crippen LogP contribution in [0, 0.1) is 0 Å². The molecule has 1 heterocycles. The second-order valence-corrected chi connectivity index (χ2v) is 6.53. The van der Waals surface area contributed by atoms with Crippen molar-refractivity contribution in [3.05, 3.63) is 17.9 Å². The number of furan rings is 1. The number of carboxylic acids is 1. The molecule has 19 heavy (non-hydrogen) atoms. The molecule has 2 rings (SSSR count). The summed E-state index contributed by atoms with van der Waals surface area (Å²) < 4.78 is 27.3. The Morgan fingerprint density at radius 3 is 2.37 bits per heavy atom. The Bertz CT molecular complexity index is 625. The Kier molecular flexibility index (Phi) is 3.13. The van der Waals surface area contributed by atoms with E-state index in [2.05, 4.69) is 5.32 Å². The molecule has 0 aliphatic heterocycles. The van der Waals surface area contributed by atoms with Crippen LogP contribution in [0.4, 0.5) is 0 Å². The number of aliphatic carboxylic acids is 1. The minimum Gasteiger partial charge on any atom is -0.480 e. The number of carboxylic acid groups (broad SMARTS) is 1. The summed E-state index contributed by atoms with van der Waals surface area (Å²) in [7, 11) is -3.53. The number of amides is 1. The van der Waals surface area contributed by atoms with Gasteiger partial charge in [-0.15, -0.1) is 0 Å². The Morgan fingerprint density at radius 1 is 1.37 bits per heavy atom. The third kappa shape index (κ3) is 2.48. The number of carbonyl (C=O) groups is 2. The summed E-state index contributed by atoms with van der Waals surface area (Å²) in [6.45, 7) is 0. The lowest BCUT2D eigenvalue weighted by atomic mass is 9.76. The number of sulfone groups is 1. The first-order chi connectivity index (χ1) is 8.74. The highest BCUT2D eigenvalue weighted by Gasteiger charge is 2.46. The molecule has 1 aromatic heterocycles. The molecule has 0 bridgehead atoms. The van der Waals surface area contributed by atoms with Crippen LogP contribution in [0.2, 0.25) is 0 Å². The van der Waals surface area contributed by atoms with E-state index in [4.69, 9.17) is 9.52 Å². The van der Waals surface area contributed by atoms with Crippen molar-refractivity contribution in [1.82, 2.24) is 5.32 Å². The fourth-order valence-corrected chi connectivity index (χ4v) is 2.40. The van der Waals surface area contributed by atoms with Gasteiger partial charge in [0.05, 0.1) is 0 Å². The lowest BCUT2D eigenvalue weighted by Gasteiger charge is -2.37. The zero-order chi connectivity index (χ0) is 14.3. The van der Waals surface area contributed by atoms with Crippen molar-refractivity contribution in [3.63, 3.8) is 0 Å². The predicted molar refractivity (Wildman–Crippen MR) is 63.5 cm³/mol. The second-order valence-electron chi connectivity index (χ2n) is 4.59. The Balaban J connectivity index is 2.17. The Hall–Kier alpha value is -1.83. The molecule has 104 valence electrons. The van der Waals surface area contributed by atoms with Crippen LogP contribution in [0.5, 0.6) is 0 Å². The van der Waals surface area contributed by atoms with Gasteiger partial charge in [0.25, 0.3) is 5.91 Å². The molecule has 0 radical (unpaired) electrons. The highest BCUT2D eigenvalue weighted by atomic mass is 32.2. The van der Waals surface area contributed by atoms with Crippen molar-refractivity contribution in [3.8, 4) is 0 Å². The van der Waals surface area contributed by atoms with Crippen molar-refractivity contribution in [1.29, 1.82) is 0 Å². The minimum absolute atomic E-state index is 0.215. The molecule has 1 aliphatic carbocycles. The van der Waals surface area contributed by atoms with Crippen molar-refractivity contribution < 1.29 is 27.5 Å². The topological polar surface area (TPSA) is 114 Å². The van der Waals surface area contributed by atoms with Gasteiger partial charge in [-0.3, -0.25) is 4.79 Å². The van der Waals surface area contributed by atoms with Crippen LogP contribution in [0.25, 0.3) is 0 Å². The maximum atomic E-state index is 11.8. The van der Waals surface area contributed by atoms with E-state index in [9.17, 15) is 18.0 Å². The molecule has 1 aliphatic rings. The largest absolute Gasteiger partial charge is 0.480 e. The molecule has 0 atom stereocenters. The lowest BCUT2D eigenvalue weighted by Crippen LogP contribution is -2.59. The van der Waals surface area contributed by atoms with Gasteiger partial charge in [-0.2, -0.15) is 0 Å². The first-order valence-electron chi connectivity index (χ1n) is 5.60. The number of hydrogen-bond donors (Lipinski definition) is 2. The van der Waals surface area contributed by atoms with E-state index in [1.165, 1.54) is 12.1 Å². The van der Waals surface area contributed by atoms with Crippen LogP contribution < -0.4 is 5.32 Å². The summed E-state index contributed by atoms with van der Waals surface area (Å²) in [5.41, 5.74) is -1.25. The van der Waals surface area contributed by atoms with Crippen LogP contribution in [-0.2, 0) is 14.6 Å². The van der Waals surface area contributed by atoms with Crippen LogP contribution in [0.1, 0.15) is 29.8 Å². The fourth-order valence-electron chi connectivity index (χ4n) is 1.84. The van der Waals surface area contributed by atoms with Crippen LogP contribution in [0.15, 0.2) is 21.6 Å². The molecule has 0 aromatic carbocycles. The first-order valence-corrected chi connectivity index (χ1v) is 7.50. The molecular formula is C11H13NO6S. The van der Waals surface area contributed by atoms with E-state index in [1.54, 1.807) is 0 Å². The number of rotatable bonds is 4. The minimum atomic E-state index is -3.53. The monoisotopic (exact) mass is 287 g/mol. The van der Waals surface area contributed by atoms with E-state index in [1.807, 2.05) is 0 Å². The zero-order valence-corrected chi connectivity index (χ0v) is 11.0. The first kappa shape index (κ1) is 13.6. The third-order valence-electron chi connectivity index (χ3n) is 3.14. The highest BCUT2D eigenvalue weighted by molar-refractivity contribution is 7.90. The van der Waals surface area contributed by atoms with Gasteiger partial charge in [-0.05, 0) is 31.4 Å². The second kappa shape index (κ2) is 4.37. The molecule has 0 unspecified atom stereocenters. The highest BCUT2D eigenvalue weighted by Crippen LogP contribution is 2.32. The molecule has 1 saturated carbocycles. The maximum absolute atomic E-state index is 11.8. The van der Waals surface area contributed by atoms with Gasteiger partial charge >= 0.3 is 5.97 Å². The molecule has 8 heteroatoms. The smallest absolute Gasteiger partial charge is 0.329 e. The van der Waals surface area contributed by atoms with Crippen molar-refractivity contribution in [2.75, 3.05) is 6.26 Å². The van der Waals surface area contributed by atoms with E-state index in [0.29, 0.717) is 12.8 Å². The number of nitrogens with one attached hydrogen (secondary N) is 1. The summed E-state index contributed by atoms with van der Waals surface area (Å²) in [4.78, 5) is 22.9. The van der Waals surface area contributed by atoms with Crippen molar-refractivity contribution >= 4 is 21.7 Å². The summed E-state index contributed by atoms with van der Waals surface area (Å²) in [5.74, 6) is -2.04.